The lowest BCUT2D eigenvalue weighted by molar-refractivity contribution is -0.130. The largest absolute Gasteiger partial charge is 0.399 e. The third-order valence-corrected chi connectivity index (χ3v) is 4.89. The molecular weight excluding hydrogens is 290 g/mol. The molecule has 1 aromatic rings. The number of nitrogen functional groups attached to an aromatic ring is 1. The van der Waals surface area contributed by atoms with Gasteiger partial charge < -0.3 is 10.6 Å². The quantitative estimate of drug-likeness (QED) is 0.807. The van der Waals surface area contributed by atoms with Gasteiger partial charge in [0.2, 0.25) is 15.9 Å². The van der Waals surface area contributed by atoms with E-state index < -0.39 is 10.0 Å². The number of sulfonamides is 1. The maximum Gasteiger partial charge on any atom is 0.241 e. The molecule has 1 heterocycles. The van der Waals surface area contributed by atoms with Crippen LogP contribution < -0.4 is 10.5 Å². The van der Waals surface area contributed by atoms with E-state index >= 15 is 0 Å². The van der Waals surface area contributed by atoms with E-state index in [1.807, 2.05) is 0 Å². The first-order chi connectivity index (χ1) is 9.88. The number of aryl methyl sites for hydroxylation is 1. The number of anilines is 1. The van der Waals surface area contributed by atoms with E-state index in [-0.39, 0.29) is 17.3 Å². The summed E-state index contributed by atoms with van der Waals surface area (Å²) in [6.45, 7) is 2.97. The van der Waals surface area contributed by atoms with Crippen LogP contribution in [0.3, 0.4) is 0 Å². The van der Waals surface area contributed by atoms with Crippen molar-refractivity contribution in [3.8, 4) is 0 Å². The molecule has 1 saturated heterocycles. The molecule has 3 N–H and O–H groups in total. The topological polar surface area (TPSA) is 92.5 Å². The minimum Gasteiger partial charge on any atom is -0.399 e. The molecule has 0 aliphatic carbocycles. The number of likely N-dealkylation sites (tertiary alicyclic amines) is 1. The van der Waals surface area contributed by atoms with Gasteiger partial charge in [-0.1, -0.05) is 0 Å². The fourth-order valence-electron chi connectivity index (χ4n) is 2.43. The third kappa shape index (κ3) is 4.18. The van der Waals surface area contributed by atoms with Gasteiger partial charge >= 0.3 is 0 Å². The third-order valence-electron chi connectivity index (χ3n) is 3.51. The molecule has 1 aliphatic rings. The first-order valence-electron chi connectivity index (χ1n) is 7.03. The number of nitrogens with zero attached hydrogens (tertiary/aromatic N) is 1. The molecule has 0 radical (unpaired) electrons. The van der Waals surface area contributed by atoms with Gasteiger partial charge in [-0.2, -0.15) is 0 Å². The summed E-state index contributed by atoms with van der Waals surface area (Å²) in [4.78, 5) is 13.8. The number of nitrogens with one attached hydrogen (secondary N) is 1. The molecule has 1 aliphatic heterocycles. The van der Waals surface area contributed by atoms with Crippen LogP contribution in [0, 0.1) is 6.92 Å². The van der Waals surface area contributed by atoms with Gasteiger partial charge in [-0.25, -0.2) is 13.1 Å². The Bertz CT molecular complexity index is 602. The van der Waals surface area contributed by atoms with Crippen LogP contribution in [0.5, 0.6) is 0 Å². The molecule has 0 bridgehead atoms. The molecule has 1 fully saturated rings. The Morgan fingerprint density at radius 2 is 1.90 bits per heavy atom. The average molecular weight is 311 g/mol. The van der Waals surface area contributed by atoms with Crippen LogP contribution in [0.25, 0.3) is 0 Å². The van der Waals surface area contributed by atoms with Crippen molar-refractivity contribution in [2.45, 2.75) is 31.1 Å². The lowest BCUT2D eigenvalue weighted by atomic mass is 10.1. The van der Waals surface area contributed by atoms with Gasteiger partial charge in [0.05, 0.1) is 11.4 Å². The Hall–Kier alpha value is -1.60. The number of amides is 1. The van der Waals surface area contributed by atoms with Crippen molar-refractivity contribution in [3.63, 3.8) is 0 Å². The molecule has 116 valence electrons. The fraction of sp³-hybridized carbons (Fsp3) is 0.500. The van der Waals surface area contributed by atoms with E-state index in [9.17, 15) is 13.2 Å². The van der Waals surface area contributed by atoms with E-state index in [0.29, 0.717) is 18.8 Å². The van der Waals surface area contributed by atoms with Gasteiger partial charge in [-0.3, -0.25) is 4.79 Å². The summed E-state index contributed by atoms with van der Waals surface area (Å²) >= 11 is 0. The minimum atomic E-state index is -3.72. The SMILES string of the molecule is Cc1cc(N)cc(S(=O)(=O)NCC(=O)N2CCCCC2)c1. The first kappa shape index (κ1) is 15.8. The number of carbonyl (C=O) groups excluding carboxylic acids is 1. The van der Waals surface area contributed by atoms with Crippen molar-refractivity contribution in [2.24, 2.45) is 0 Å². The van der Waals surface area contributed by atoms with Gasteiger partial charge in [0.25, 0.3) is 0 Å². The van der Waals surface area contributed by atoms with Crippen LogP contribution >= 0.6 is 0 Å². The van der Waals surface area contributed by atoms with Crippen LogP contribution in [0.4, 0.5) is 5.69 Å². The van der Waals surface area contributed by atoms with Crippen LogP contribution in [0.15, 0.2) is 23.1 Å². The van der Waals surface area contributed by atoms with Crippen molar-refractivity contribution < 1.29 is 13.2 Å². The fourth-order valence-corrected chi connectivity index (χ4v) is 3.54. The zero-order chi connectivity index (χ0) is 15.5. The molecule has 2 rings (SSSR count). The van der Waals surface area contributed by atoms with Crippen molar-refractivity contribution in [3.05, 3.63) is 23.8 Å². The predicted molar refractivity (Wildman–Crippen MR) is 81.2 cm³/mol. The van der Waals surface area contributed by atoms with Crippen molar-refractivity contribution in [1.29, 1.82) is 0 Å². The summed E-state index contributed by atoms with van der Waals surface area (Å²) < 4.78 is 26.7. The minimum absolute atomic E-state index is 0.0893. The standard InChI is InChI=1S/C14H21N3O3S/c1-11-7-12(15)9-13(8-11)21(19,20)16-10-14(18)17-5-3-2-4-6-17/h7-9,16H,2-6,10,15H2,1H3. The highest BCUT2D eigenvalue weighted by atomic mass is 32.2. The van der Waals surface area contributed by atoms with E-state index in [1.54, 1.807) is 17.9 Å². The monoisotopic (exact) mass is 311 g/mol. The molecule has 1 amide bonds. The molecule has 21 heavy (non-hydrogen) atoms. The summed E-state index contributed by atoms with van der Waals surface area (Å²) in [7, 11) is -3.72. The Labute approximate surface area is 125 Å². The van der Waals surface area contributed by atoms with Crippen molar-refractivity contribution in [1.82, 2.24) is 9.62 Å². The van der Waals surface area contributed by atoms with E-state index in [2.05, 4.69) is 4.72 Å². The number of benzene rings is 1. The van der Waals surface area contributed by atoms with E-state index in [4.69, 9.17) is 5.73 Å². The number of hydrogen-bond donors (Lipinski definition) is 2. The zero-order valence-electron chi connectivity index (χ0n) is 12.1. The Morgan fingerprint density at radius 1 is 1.24 bits per heavy atom. The molecule has 6 nitrogen and oxygen atoms in total. The zero-order valence-corrected chi connectivity index (χ0v) is 12.9. The molecular formula is C14H21N3O3S. The van der Waals surface area contributed by atoms with Crippen molar-refractivity contribution in [2.75, 3.05) is 25.4 Å². The van der Waals surface area contributed by atoms with Gasteiger partial charge in [0, 0.05) is 18.8 Å². The van der Waals surface area contributed by atoms with Crippen LogP contribution in [-0.2, 0) is 14.8 Å². The molecule has 0 unspecified atom stereocenters. The maximum absolute atomic E-state index is 12.2. The van der Waals surface area contributed by atoms with Gasteiger partial charge in [0.15, 0.2) is 0 Å². The van der Waals surface area contributed by atoms with E-state index in [1.165, 1.54) is 12.1 Å². The highest BCUT2D eigenvalue weighted by Gasteiger charge is 2.20. The second-order valence-corrected chi connectivity index (χ2v) is 7.11. The number of piperidine rings is 1. The lowest BCUT2D eigenvalue weighted by Gasteiger charge is -2.26. The smallest absolute Gasteiger partial charge is 0.241 e. The normalized spacial score (nSPS) is 16.0. The van der Waals surface area contributed by atoms with Gasteiger partial charge in [-0.05, 0) is 49.9 Å². The highest BCUT2D eigenvalue weighted by Crippen LogP contribution is 2.16. The Morgan fingerprint density at radius 3 is 2.52 bits per heavy atom. The molecule has 1 aromatic carbocycles. The summed E-state index contributed by atoms with van der Waals surface area (Å²) in [6, 6.07) is 4.61. The number of carbonyl (C=O) groups is 1. The number of hydrogen-bond acceptors (Lipinski definition) is 4. The maximum atomic E-state index is 12.2. The molecule has 0 aromatic heterocycles. The van der Waals surface area contributed by atoms with Gasteiger partial charge in [-0.15, -0.1) is 0 Å². The lowest BCUT2D eigenvalue weighted by Crippen LogP contribution is -2.42. The van der Waals surface area contributed by atoms with Crippen LogP contribution in [-0.4, -0.2) is 38.9 Å². The summed E-state index contributed by atoms with van der Waals surface area (Å²) in [5, 5.41) is 0. The van der Waals surface area contributed by atoms with Crippen molar-refractivity contribution >= 4 is 21.6 Å². The summed E-state index contributed by atoms with van der Waals surface area (Å²) in [5.74, 6) is -0.182. The molecule has 0 spiro atoms. The second-order valence-electron chi connectivity index (χ2n) is 5.35. The number of rotatable bonds is 4. The Kier molecular flexibility index (Phi) is 4.84. The summed E-state index contributed by atoms with van der Waals surface area (Å²) in [6.07, 6.45) is 3.08. The Balaban J connectivity index is 2.02. The number of nitrogens with two attached hydrogens (primary N) is 1. The van der Waals surface area contributed by atoms with Crippen LogP contribution in [0.2, 0.25) is 0 Å². The second kappa shape index (κ2) is 6.44. The van der Waals surface area contributed by atoms with Crippen LogP contribution in [0.1, 0.15) is 24.8 Å². The summed E-state index contributed by atoms with van der Waals surface area (Å²) in [5.41, 5.74) is 6.81. The van der Waals surface area contributed by atoms with E-state index in [0.717, 1.165) is 24.8 Å². The predicted octanol–water partition coefficient (Wildman–Crippen LogP) is 0.868. The molecule has 7 heteroatoms. The van der Waals surface area contributed by atoms with Gasteiger partial charge in [0.1, 0.15) is 0 Å². The molecule has 0 atom stereocenters. The average Bonchev–Trinajstić information content (AvgIpc) is 2.45. The molecule has 0 saturated carbocycles. The highest BCUT2D eigenvalue weighted by molar-refractivity contribution is 7.89. The first-order valence-corrected chi connectivity index (χ1v) is 8.51.